The summed E-state index contributed by atoms with van der Waals surface area (Å²) < 4.78 is 10.1. The highest BCUT2D eigenvalue weighted by molar-refractivity contribution is 8.00. The minimum absolute atomic E-state index is 0.00783. The van der Waals surface area contributed by atoms with Crippen molar-refractivity contribution in [1.29, 1.82) is 0 Å². The van der Waals surface area contributed by atoms with E-state index in [4.69, 9.17) is 20.0 Å². The molecule has 0 saturated carbocycles. The normalized spacial score (nSPS) is 19.7. The van der Waals surface area contributed by atoms with Gasteiger partial charge in [0.15, 0.2) is 10.8 Å². The SMILES string of the molecule is C=CC1=C(C(=O)OCOC(=O)C(C)(C)C)N2C(=O)C(NC(=O)/C(=N/OCC)c3csc(N)n3)[C@H]2SC1. The molecule has 0 aromatic carbocycles. The van der Waals surface area contributed by atoms with Gasteiger partial charge in [0.25, 0.3) is 11.8 Å². The summed E-state index contributed by atoms with van der Waals surface area (Å²) in [4.78, 5) is 61.0. The second-order valence-corrected chi connectivity index (χ2v) is 10.6. The summed E-state index contributed by atoms with van der Waals surface area (Å²) in [7, 11) is 0. The van der Waals surface area contributed by atoms with Crippen molar-refractivity contribution in [2.24, 2.45) is 10.6 Å². The Morgan fingerprint density at radius 3 is 2.67 bits per heavy atom. The summed E-state index contributed by atoms with van der Waals surface area (Å²) in [6.45, 7) is 10.0. The Balaban J connectivity index is 1.71. The van der Waals surface area contributed by atoms with E-state index in [1.807, 2.05) is 0 Å². The number of aromatic nitrogens is 1. The van der Waals surface area contributed by atoms with Gasteiger partial charge in [0, 0.05) is 11.1 Å². The van der Waals surface area contributed by atoms with Crippen molar-refractivity contribution in [3.05, 3.63) is 35.0 Å². The fraction of sp³-hybridized carbons (Fsp3) is 0.455. The van der Waals surface area contributed by atoms with Gasteiger partial charge in [-0.3, -0.25) is 19.3 Å². The van der Waals surface area contributed by atoms with Gasteiger partial charge in [0.05, 0.1) is 5.41 Å². The maximum Gasteiger partial charge on any atom is 0.358 e. The first-order valence-corrected chi connectivity index (χ1v) is 12.8. The van der Waals surface area contributed by atoms with E-state index in [9.17, 15) is 19.2 Å². The lowest BCUT2D eigenvalue weighted by molar-refractivity contribution is -0.173. The summed E-state index contributed by atoms with van der Waals surface area (Å²) in [5.74, 6) is -2.23. The molecule has 0 bridgehead atoms. The molecule has 1 unspecified atom stereocenters. The Kier molecular flexibility index (Phi) is 8.40. The Morgan fingerprint density at radius 2 is 2.08 bits per heavy atom. The van der Waals surface area contributed by atoms with Crippen LogP contribution < -0.4 is 11.1 Å². The van der Waals surface area contributed by atoms with Gasteiger partial charge in [-0.05, 0) is 33.3 Å². The number of oxime groups is 1. The molecule has 14 heteroatoms. The van der Waals surface area contributed by atoms with Crippen molar-refractivity contribution < 1.29 is 33.5 Å². The van der Waals surface area contributed by atoms with Crippen molar-refractivity contribution in [3.63, 3.8) is 0 Å². The van der Waals surface area contributed by atoms with Crippen molar-refractivity contribution in [1.82, 2.24) is 15.2 Å². The molecule has 3 N–H and O–H groups in total. The number of rotatable bonds is 9. The van der Waals surface area contributed by atoms with Gasteiger partial charge < -0.3 is 25.4 Å². The third-order valence-corrected chi connectivity index (χ3v) is 6.96. The number of anilines is 1. The Bertz CT molecular complexity index is 1140. The van der Waals surface area contributed by atoms with E-state index in [1.165, 1.54) is 22.7 Å². The molecule has 2 amide bonds. The number of thioether (sulfide) groups is 1. The quantitative estimate of drug-likeness (QED) is 0.155. The molecule has 1 saturated heterocycles. The maximum absolute atomic E-state index is 13.0. The molecule has 1 aromatic rings. The third kappa shape index (κ3) is 5.70. The number of hydrogen-bond donors (Lipinski definition) is 2. The van der Waals surface area contributed by atoms with Crippen LogP contribution in [0.25, 0.3) is 0 Å². The van der Waals surface area contributed by atoms with E-state index in [0.717, 1.165) is 11.3 Å². The smallest absolute Gasteiger partial charge is 0.358 e. The largest absolute Gasteiger partial charge is 0.427 e. The van der Waals surface area contributed by atoms with Gasteiger partial charge in [-0.25, -0.2) is 9.78 Å². The predicted molar refractivity (Wildman–Crippen MR) is 133 cm³/mol. The van der Waals surface area contributed by atoms with Gasteiger partial charge in [0.1, 0.15) is 29.4 Å². The molecule has 3 rings (SSSR count). The molecule has 3 heterocycles. The molecule has 0 radical (unpaired) electrons. The fourth-order valence-electron chi connectivity index (χ4n) is 3.15. The highest BCUT2D eigenvalue weighted by atomic mass is 32.2. The number of nitrogens with zero attached hydrogens (tertiary/aromatic N) is 3. The maximum atomic E-state index is 13.0. The first-order chi connectivity index (χ1) is 17.0. The van der Waals surface area contributed by atoms with E-state index in [-0.39, 0.29) is 28.8 Å². The van der Waals surface area contributed by atoms with E-state index >= 15 is 0 Å². The third-order valence-electron chi connectivity index (χ3n) is 4.98. The average molecular weight is 538 g/mol. The van der Waals surface area contributed by atoms with Crippen LogP contribution in [0.1, 0.15) is 33.4 Å². The number of fused-ring (bicyclic) bond motifs is 1. The van der Waals surface area contributed by atoms with Gasteiger partial charge in [-0.15, -0.1) is 23.1 Å². The van der Waals surface area contributed by atoms with Crippen LogP contribution >= 0.6 is 23.1 Å². The number of thiazole rings is 1. The van der Waals surface area contributed by atoms with Crippen LogP contribution in [0.4, 0.5) is 5.13 Å². The molecule has 0 spiro atoms. The molecule has 12 nitrogen and oxygen atoms in total. The standard InChI is InChI=1S/C22H27N5O7S2/c1-6-11-8-35-18-14(25-16(28)13(26-34-7-2)12-9-36-21(23)24-12)17(29)27(18)15(11)19(30)32-10-33-20(31)22(3,4)5/h6,9,14,18H,1,7-8,10H2,2-5H3,(H2,23,24)(H,25,28)/b26-13+/t14?,18-/m1/s1. The van der Waals surface area contributed by atoms with E-state index in [1.54, 1.807) is 33.1 Å². The highest BCUT2D eigenvalue weighted by Gasteiger charge is 2.54. The molecule has 1 aromatic heterocycles. The van der Waals surface area contributed by atoms with Crippen LogP contribution in [0.3, 0.4) is 0 Å². The van der Waals surface area contributed by atoms with Crippen molar-refractivity contribution in [2.75, 3.05) is 24.9 Å². The number of β-lactam (4-membered cyclic amide) rings is 1. The van der Waals surface area contributed by atoms with Crippen LogP contribution in [0.15, 0.2) is 34.5 Å². The number of allylic oxidation sites excluding steroid dienone is 1. The summed E-state index contributed by atoms with van der Waals surface area (Å²) in [6, 6.07) is -0.932. The van der Waals surface area contributed by atoms with Crippen molar-refractivity contribution in [2.45, 2.75) is 39.1 Å². The lowest BCUT2D eigenvalue weighted by atomic mass is 9.98. The zero-order valence-electron chi connectivity index (χ0n) is 20.2. The Morgan fingerprint density at radius 1 is 1.36 bits per heavy atom. The van der Waals surface area contributed by atoms with Gasteiger partial charge >= 0.3 is 11.9 Å². The van der Waals surface area contributed by atoms with Crippen LogP contribution in [-0.2, 0) is 33.5 Å². The number of carbonyl (C=O) groups is 4. The van der Waals surface area contributed by atoms with Gasteiger partial charge in [-0.2, -0.15) is 0 Å². The molecule has 0 aliphatic carbocycles. The lowest BCUT2D eigenvalue weighted by Crippen LogP contribution is -2.71. The number of nitrogens with one attached hydrogen (secondary N) is 1. The number of hydrogen-bond acceptors (Lipinski definition) is 12. The first-order valence-electron chi connectivity index (χ1n) is 10.9. The van der Waals surface area contributed by atoms with Crippen LogP contribution in [0.5, 0.6) is 0 Å². The summed E-state index contributed by atoms with van der Waals surface area (Å²) >= 11 is 2.48. The zero-order chi connectivity index (χ0) is 26.6. The number of esters is 2. The molecule has 194 valence electrons. The Hall–Kier alpha value is -3.39. The second-order valence-electron chi connectivity index (χ2n) is 8.60. The average Bonchev–Trinajstić information content (AvgIpc) is 3.26. The fourth-order valence-corrected chi connectivity index (χ4v) is 5.04. The zero-order valence-corrected chi connectivity index (χ0v) is 21.9. The number of nitrogen functional groups attached to an aromatic ring is 1. The number of carbonyl (C=O) groups excluding carboxylic acids is 4. The summed E-state index contributed by atoms with van der Waals surface area (Å²) in [5.41, 5.74) is 5.47. The molecule has 2 aliphatic rings. The topological polar surface area (TPSA) is 163 Å². The molecule has 36 heavy (non-hydrogen) atoms. The monoisotopic (exact) mass is 537 g/mol. The second kappa shape index (κ2) is 11.1. The van der Waals surface area contributed by atoms with Gasteiger partial charge in [-0.1, -0.05) is 17.8 Å². The minimum atomic E-state index is -0.932. The lowest BCUT2D eigenvalue weighted by Gasteiger charge is -2.49. The van der Waals surface area contributed by atoms with Gasteiger partial charge in [0.2, 0.25) is 6.79 Å². The number of ether oxygens (including phenoxy) is 2. The van der Waals surface area contributed by atoms with E-state index in [0.29, 0.717) is 11.3 Å². The first kappa shape index (κ1) is 27.2. The molecular formula is C22H27N5O7S2. The molecule has 1 fully saturated rings. The van der Waals surface area contributed by atoms with Crippen LogP contribution in [0.2, 0.25) is 0 Å². The van der Waals surface area contributed by atoms with Crippen molar-refractivity contribution in [3.8, 4) is 0 Å². The van der Waals surface area contributed by atoms with Crippen molar-refractivity contribution >= 4 is 57.7 Å². The van der Waals surface area contributed by atoms with E-state index in [2.05, 4.69) is 22.0 Å². The predicted octanol–water partition coefficient (Wildman–Crippen LogP) is 1.40. The molecule has 2 atom stereocenters. The van der Waals surface area contributed by atoms with Crippen LogP contribution in [-0.4, -0.2) is 69.9 Å². The van der Waals surface area contributed by atoms with E-state index < -0.39 is 47.4 Å². The molecule has 2 aliphatic heterocycles. The number of amides is 2. The number of nitrogens with two attached hydrogens (primary N) is 1. The summed E-state index contributed by atoms with van der Waals surface area (Å²) in [5, 5.41) is 7.69. The molecular weight excluding hydrogens is 510 g/mol. The van der Waals surface area contributed by atoms with Crippen LogP contribution in [0, 0.1) is 5.41 Å². The Labute approximate surface area is 215 Å². The highest BCUT2D eigenvalue weighted by Crippen LogP contribution is 2.41. The summed E-state index contributed by atoms with van der Waals surface area (Å²) in [6.07, 6.45) is 1.46. The minimum Gasteiger partial charge on any atom is -0.427 e.